The zero-order chi connectivity index (χ0) is 19.5. The molecule has 0 aliphatic rings. The third kappa shape index (κ3) is 4.79. The fourth-order valence-electron chi connectivity index (χ4n) is 2.54. The second-order valence-electron chi connectivity index (χ2n) is 5.94. The molecular weight excluding hydrogens is 386 g/mol. The van der Waals surface area contributed by atoms with E-state index in [9.17, 15) is 16.8 Å². The number of aryl methyl sites for hydroxylation is 1. The molecule has 0 radical (unpaired) electrons. The molecule has 1 aromatic heterocycles. The van der Waals surface area contributed by atoms with Crippen molar-refractivity contribution in [2.75, 3.05) is 0 Å². The van der Waals surface area contributed by atoms with Crippen molar-refractivity contribution in [2.45, 2.75) is 17.6 Å². The van der Waals surface area contributed by atoms with Gasteiger partial charge in [0.2, 0.25) is 0 Å². The van der Waals surface area contributed by atoms with Crippen LogP contribution in [0.25, 0.3) is 11.1 Å². The molecule has 0 fully saturated rings. The minimum Gasteiger partial charge on any atom is -0.264 e. The largest absolute Gasteiger partial charge is 0.311 e. The maximum atomic E-state index is 12.4. The fraction of sp³-hybridized carbons (Fsp3) is 0.105. The van der Waals surface area contributed by atoms with Gasteiger partial charge in [-0.2, -0.15) is 16.8 Å². The first-order chi connectivity index (χ1) is 12.8. The molecule has 27 heavy (non-hydrogen) atoms. The normalized spacial score (nSPS) is 12.0. The number of hydrogen-bond donors (Lipinski definition) is 0. The maximum absolute atomic E-state index is 12.4. The Balaban J connectivity index is 1.89. The summed E-state index contributed by atoms with van der Waals surface area (Å²) in [6, 6.07) is 16.6. The molecule has 0 bridgehead atoms. The van der Waals surface area contributed by atoms with Crippen molar-refractivity contribution < 1.29 is 20.5 Å². The van der Waals surface area contributed by atoms with Gasteiger partial charge < -0.3 is 0 Å². The third-order valence-electron chi connectivity index (χ3n) is 3.82. The van der Waals surface area contributed by atoms with Crippen LogP contribution in [0.1, 0.15) is 11.1 Å². The molecular formula is C19H17NO5S2. The van der Waals surface area contributed by atoms with Gasteiger partial charge in [-0.15, -0.1) is 3.63 Å². The highest BCUT2D eigenvalue weighted by molar-refractivity contribution is 7.99. The van der Waals surface area contributed by atoms with Gasteiger partial charge >= 0.3 is 10.1 Å². The summed E-state index contributed by atoms with van der Waals surface area (Å²) in [5.74, 6) is -0.615. The van der Waals surface area contributed by atoms with E-state index in [1.807, 2.05) is 30.3 Å². The lowest BCUT2D eigenvalue weighted by Crippen LogP contribution is -2.16. The quantitative estimate of drug-likeness (QED) is 0.627. The molecule has 140 valence electrons. The summed E-state index contributed by atoms with van der Waals surface area (Å²) in [7, 11) is -8.85. The van der Waals surface area contributed by atoms with Crippen molar-refractivity contribution in [3.8, 4) is 11.1 Å². The highest BCUT2D eigenvalue weighted by atomic mass is 32.3. The van der Waals surface area contributed by atoms with E-state index in [1.165, 1.54) is 18.3 Å². The number of aromatic nitrogens is 1. The van der Waals surface area contributed by atoms with Gasteiger partial charge in [0.25, 0.3) is 10.1 Å². The van der Waals surface area contributed by atoms with E-state index in [0.717, 1.165) is 11.1 Å². The maximum Gasteiger partial charge on any atom is 0.311 e. The summed E-state index contributed by atoms with van der Waals surface area (Å²) in [6.07, 6.45) is 2.93. The molecule has 0 N–H and O–H groups in total. The van der Waals surface area contributed by atoms with Gasteiger partial charge in [0, 0.05) is 12.4 Å². The highest BCUT2D eigenvalue weighted by Gasteiger charge is 2.26. The van der Waals surface area contributed by atoms with E-state index in [4.69, 9.17) is 0 Å². The standard InChI is InChI=1S/C19H17NO5S2/c1-15-7-9-18(10-8-15)27(23,24)25-26(21,22)14-17-13-20-12-11-19(17)16-5-3-2-4-6-16/h2-13H,14H2,1H3. The predicted molar refractivity (Wildman–Crippen MR) is 102 cm³/mol. The molecule has 0 amide bonds. The molecule has 1 heterocycles. The molecule has 0 saturated carbocycles. The fourth-order valence-corrected chi connectivity index (χ4v) is 5.22. The summed E-state index contributed by atoms with van der Waals surface area (Å²) in [5, 5.41) is 0. The number of rotatable bonds is 6. The first-order valence-electron chi connectivity index (χ1n) is 8.01. The molecule has 3 rings (SSSR count). The number of nitrogens with zero attached hydrogens (tertiary/aromatic N) is 1. The van der Waals surface area contributed by atoms with E-state index in [0.29, 0.717) is 11.1 Å². The van der Waals surface area contributed by atoms with Crippen LogP contribution in [0.4, 0.5) is 0 Å². The summed E-state index contributed by atoms with van der Waals surface area (Å²) in [6.45, 7) is 1.79. The Bertz CT molecular complexity index is 1140. The lowest BCUT2D eigenvalue weighted by Gasteiger charge is -2.10. The zero-order valence-electron chi connectivity index (χ0n) is 14.4. The molecule has 0 spiro atoms. The van der Waals surface area contributed by atoms with Crippen LogP contribution in [0.2, 0.25) is 0 Å². The molecule has 0 aliphatic heterocycles. The van der Waals surface area contributed by atoms with Gasteiger partial charge in [-0.1, -0.05) is 48.0 Å². The average Bonchev–Trinajstić information content (AvgIpc) is 2.62. The van der Waals surface area contributed by atoms with Crippen LogP contribution in [-0.4, -0.2) is 21.8 Å². The Morgan fingerprint density at radius 2 is 1.56 bits per heavy atom. The molecule has 0 atom stereocenters. The first kappa shape index (κ1) is 19.2. The van der Waals surface area contributed by atoms with E-state index in [-0.39, 0.29) is 4.90 Å². The molecule has 2 aromatic carbocycles. The summed E-state index contributed by atoms with van der Waals surface area (Å²) < 4.78 is 54.0. The van der Waals surface area contributed by atoms with E-state index >= 15 is 0 Å². The lowest BCUT2D eigenvalue weighted by molar-refractivity contribution is 0.461. The summed E-state index contributed by atoms with van der Waals surface area (Å²) >= 11 is 0. The van der Waals surface area contributed by atoms with Gasteiger partial charge in [0.05, 0.1) is 4.90 Å². The molecule has 8 heteroatoms. The minimum absolute atomic E-state index is 0.217. The second kappa shape index (κ2) is 7.59. The molecule has 6 nitrogen and oxygen atoms in total. The smallest absolute Gasteiger partial charge is 0.264 e. The Hall–Kier alpha value is -2.55. The van der Waals surface area contributed by atoms with Crippen LogP contribution in [0.15, 0.2) is 78.0 Å². The van der Waals surface area contributed by atoms with E-state index < -0.39 is 26.0 Å². The van der Waals surface area contributed by atoms with Crippen LogP contribution in [0.5, 0.6) is 0 Å². The number of hydrogen-bond acceptors (Lipinski definition) is 6. The van der Waals surface area contributed by atoms with Crippen molar-refractivity contribution >= 4 is 20.2 Å². The van der Waals surface area contributed by atoms with Gasteiger partial charge in [-0.05, 0) is 41.8 Å². The van der Waals surface area contributed by atoms with Crippen molar-refractivity contribution in [1.82, 2.24) is 4.98 Å². The second-order valence-corrected chi connectivity index (χ2v) is 9.26. The van der Waals surface area contributed by atoms with Crippen LogP contribution in [0.3, 0.4) is 0 Å². The van der Waals surface area contributed by atoms with Gasteiger partial charge in [0.15, 0.2) is 0 Å². The van der Waals surface area contributed by atoms with Crippen LogP contribution >= 0.6 is 0 Å². The topological polar surface area (TPSA) is 90.4 Å². The van der Waals surface area contributed by atoms with Gasteiger partial charge in [0.1, 0.15) is 5.75 Å². The van der Waals surface area contributed by atoms with E-state index in [1.54, 1.807) is 31.3 Å². The highest BCUT2D eigenvalue weighted by Crippen LogP contribution is 2.25. The third-order valence-corrected chi connectivity index (χ3v) is 6.88. The Morgan fingerprint density at radius 3 is 2.22 bits per heavy atom. The van der Waals surface area contributed by atoms with Gasteiger partial charge in [-0.3, -0.25) is 4.98 Å². The van der Waals surface area contributed by atoms with Crippen LogP contribution in [0, 0.1) is 6.92 Å². The molecule has 3 aromatic rings. The van der Waals surface area contributed by atoms with Gasteiger partial charge in [-0.25, -0.2) is 0 Å². The minimum atomic E-state index is -4.44. The SMILES string of the molecule is Cc1ccc(S(=O)(=O)OS(=O)(=O)Cc2cnccc2-c2ccccc2)cc1. The van der Waals surface area contributed by atoms with Crippen LogP contribution in [-0.2, 0) is 29.6 Å². The molecule has 0 unspecified atom stereocenters. The number of benzene rings is 2. The van der Waals surface area contributed by atoms with Crippen molar-refractivity contribution in [3.63, 3.8) is 0 Å². The lowest BCUT2D eigenvalue weighted by atomic mass is 10.0. The Morgan fingerprint density at radius 1 is 0.889 bits per heavy atom. The summed E-state index contributed by atoms with van der Waals surface area (Å²) in [4.78, 5) is 3.73. The van der Waals surface area contributed by atoms with E-state index in [2.05, 4.69) is 8.61 Å². The average molecular weight is 403 g/mol. The zero-order valence-corrected chi connectivity index (χ0v) is 16.1. The first-order valence-corrected chi connectivity index (χ1v) is 11.0. The monoisotopic (exact) mass is 403 g/mol. The van der Waals surface area contributed by atoms with Crippen molar-refractivity contribution in [3.05, 3.63) is 84.2 Å². The number of pyridine rings is 1. The predicted octanol–water partition coefficient (Wildman–Crippen LogP) is 3.29. The Kier molecular flexibility index (Phi) is 5.41. The summed E-state index contributed by atoms with van der Waals surface area (Å²) in [5.41, 5.74) is 2.64. The molecule has 0 saturated heterocycles. The van der Waals surface area contributed by atoms with Crippen molar-refractivity contribution in [1.29, 1.82) is 0 Å². The Labute approximate surface area is 158 Å². The van der Waals surface area contributed by atoms with Crippen molar-refractivity contribution in [2.24, 2.45) is 0 Å². The molecule has 0 aliphatic carbocycles. The van der Waals surface area contributed by atoms with Crippen LogP contribution < -0.4 is 0 Å².